The number of hydrogen-bond acceptors (Lipinski definition) is 3. The lowest BCUT2D eigenvalue weighted by Crippen LogP contribution is -2.48. The second kappa shape index (κ2) is 9.85. The fraction of sp³-hybridized carbons (Fsp3) is 0.667. The molecule has 0 amide bonds. The van der Waals surface area contributed by atoms with Gasteiger partial charge in [0.15, 0.2) is 0 Å². The molecule has 0 spiro atoms. The van der Waals surface area contributed by atoms with E-state index in [0.29, 0.717) is 0 Å². The zero-order chi connectivity index (χ0) is 30.4. The van der Waals surface area contributed by atoms with Gasteiger partial charge in [0.2, 0.25) is 23.3 Å². The molecule has 0 radical (unpaired) electrons. The van der Waals surface area contributed by atoms with Crippen molar-refractivity contribution in [3.63, 3.8) is 0 Å². The molecule has 0 aliphatic heterocycles. The number of rotatable bonds is 10. The summed E-state index contributed by atoms with van der Waals surface area (Å²) in [5.41, 5.74) is 0. The Morgan fingerprint density at radius 1 is 0.324 bits per heavy atom. The van der Waals surface area contributed by atoms with Crippen molar-refractivity contribution in [1.82, 2.24) is 0 Å². The van der Waals surface area contributed by atoms with E-state index in [1.807, 2.05) is 0 Å². The molecule has 0 fully saturated rings. The van der Waals surface area contributed by atoms with Gasteiger partial charge in [-0.1, -0.05) is 0 Å². The first-order valence-electron chi connectivity index (χ1n) is 7.38. The standard InChI is InChI=1S/C12F22O3/c13-1(5(17,18)9(25,26)36-11(29,30)31)3(15)7(21,22)35-8(23,24)4(16)2(14)6(19,20)10(27,28)37-12(32,33)34. The van der Waals surface area contributed by atoms with Gasteiger partial charge in [0, 0.05) is 0 Å². The van der Waals surface area contributed by atoms with E-state index in [9.17, 15) is 96.6 Å². The topological polar surface area (TPSA) is 27.7 Å². The summed E-state index contributed by atoms with van der Waals surface area (Å²) < 4.78 is 282. The zero-order valence-electron chi connectivity index (χ0n) is 15.5. The molecule has 220 valence electrons. The van der Waals surface area contributed by atoms with Crippen LogP contribution in [0.3, 0.4) is 0 Å². The number of hydrogen-bond donors (Lipinski definition) is 0. The molecule has 0 aromatic rings. The SMILES string of the molecule is FC(=C(F)C(F)(F)C(F)(F)OC(F)(F)F)C(F)(F)OC(F)(F)C(F)=C(F)C(F)(F)C(F)(F)OC(F)(F)F. The molecule has 0 heterocycles. The summed E-state index contributed by atoms with van der Waals surface area (Å²) in [5, 5.41) is 0. The first-order valence-corrected chi connectivity index (χ1v) is 7.38. The van der Waals surface area contributed by atoms with Crippen LogP contribution in [0.2, 0.25) is 0 Å². The van der Waals surface area contributed by atoms with E-state index < -0.39 is 72.3 Å². The molecule has 0 saturated carbocycles. The molecule has 0 unspecified atom stereocenters. The summed E-state index contributed by atoms with van der Waals surface area (Å²) in [6, 6.07) is 0. The molecule has 37 heavy (non-hydrogen) atoms. The maximum atomic E-state index is 13.2. The van der Waals surface area contributed by atoms with E-state index in [-0.39, 0.29) is 0 Å². The van der Waals surface area contributed by atoms with Gasteiger partial charge in [-0.05, 0) is 0 Å². The lowest BCUT2D eigenvalue weighted by molar-refractivity contribution is -0.462. The summed E-state index contributed by atoms with van der Waals surface area (Å²) in [7, 11) is 0. The molecule has 0 aromatic heterocycles. The number of ether oxygens (including phenoxy) is 3. The van der Waals surface area contributed by atoms with E-state index in [2.05, 4.69) is 0 Å². The minimum Gasteiger partial charge on any atom is -0.243 e. The van der Waals surface area contributed by atoms with Gasteiger partial charge in [0.25, 0.3) is 0 Å². The van der Waals surface area contributed by atoms with Crippen molar-refractivity contribution >= 4 is 0 Å². The van der Waals surface area contributed by atoms with Crippen LogP contribution in [0.5, 0.6) is 0 Å². The van der Waals surface area contributed by atoms with Gasteiger partial charge in [-0.2, -0.15) is 61.5 Å². The van der Waals surface area contributed by atoms with Crippen LogP contribution < -0.4 is 0 Å². The van der Waals surface area contributed by atoms with Crippen molar-refractivity contribution < 1.29 is 111 Å². The Kier molecular flexibility index (Phi) is 9.27. The molecule has 0 aliphatic rings. The highest BCUT2D eigenvalue weighted by Crippen LogP contribution is 2.51. The van der Waals surface area contributed by atoms with Crippen LogP contribution >= 0.6 is 0 Å². The lowest BCUT2D eigenvalue weighted by atomic mass is 10.2. The van der Waals surface area contributed by atoms with E-state index in [1.54, 1.807) is 0 Å². The number of alkyl halides is 18. The van der Waals surface area contributed by atoms with Crippen LogP contribution in [-0.2, 0) is 14.2 Å². The Morgan fingerprint density at radius 2 is 0.541 bits per heavy atom. The average Bonchev–Trinajstić information content (AvgIpc) is 2.60. The van der Waals surface area contributed by atoms with Crippen molar-refractivity contribution in [2.45, 2.75) is 49.0 Å². The molecule has 0 aromatic carbocycles. The summed E-state index contributed by atoms with van der Waals surface area (Å²) in [6.07, 6.45) is -43.1. The molecule has 25 heteroatoms. The largest absolute Gasteiger partial charge is 0.527 e. The van der Waals surface area contributed by atoms with Crippen LogP contribution in [0, 0.1) is 0 Å². The van der Waals surface area contributed by atoms with Crippen LogP contribution in [0.4, 0.5) is 96.6 Å². The Balaban J connectivity index is 6.46. The van der Waals surface area contributed by atoms with Gasteiger partial charge in [-0.25, -0.2) is 23.0 Å². The van der Waals surface area contributed by atoms with Gasteiger partial charge in [-0.15, -0.1) is 26.3 Å². The van der Waals surface area contributed by atoms with Crippen molar-refractivity contribution in [3.05, 3.63) is 23.3 Å². The Hall–Kier alpha value is -2.18. The summed E-state index contributed by atoms with van der Waals surface area (Å²) in [5.74, 6) is -35.5. The van der Waals surface area contributed by atoms with E-state index in [4.69, 9.17) is 0 Å². The second-order valence-electron chi connectivity index (χ2n) is 5.67. The monoisotopic (exact) mass is 610 g/mol. The van der Waals surface area contributed by atoms with E-state index in [0.717, 1.165) is 0 Å². The normalized spacial score (nSPS) is 17.0. The fourth-order valence-electron chi connectivity index (χ4n) is 1.46. The molecule has 0 N–H and O–H groups in total. The van der Waals surface area contributed by atoms with Gasteiger partial charge in [0.1, 0.15) is 0 Å². The van der Waals surface area contributed by atoms with Crippen molar-refractivity contribution in [1.29, 1.82) is 0 Å². The summed E-state index contributed by atoms with van der Waals surface area (Å²) in [6.45, 7) is 0. The van der Waals surface area contributed by atoms with Crippen molar-refractivity contribution in [2.24, 2.45) is 0 Å². The first kappa shape index (κ1) is 34.8. The smallest absolute Gasteiger partial charge is 0.243 e. The molecule has 0 rings (SSSR count). The van der Waals surface area contributed by atoms with Crippen LogP contribution in [-0.4, -0.2) is 49.0 Å². The maximum absolute atomic E-state index is 13.2. The zero-order valence-corrected chi connectivity index (χ0v) is 15.5. The Morgan fingerprint density at radius 3 is 0.730 bits per heavy atom. The van der Waals surface area contributed by atoms with Crippen LogP contribution in [0.15, 0.2) is 23.3 Å². The molecule has 0 atom stereocenters. The lowest BCUT2D eigenvalue weighted by Gasteiger charge is -2.28. The minimum atomic E-state index is -7.50. The fourth-order valence-corrected chi connectivity index (χ4v) is 1.46. The van der Waals surface area contributed by atoms with Gasteiger partial charge >= 0.3 is 49.0 Å². The van der Waals surface area contributed by atoms with Crippen LogP contribution in [0.25, 0.3) is 0 Å². The highest BCUT2D eigenvalue weighted by atomic mass is 19.4. The maximum Gasteiger partial charge on any atom is 0.527 e. The number of halogens is 22. The molecule has 3 nitrogen and oxygen atoms in total. The Bertz CT molecular complexity index is 820. The quantitative estimate of drug-likeness (QED) is 0.235. The predicted molar refractivity (Wildman–Crippen MR) is 63.5 cm³/mol. The molecule has 0 bridgehead atoms. The second-order valence-corrected chi connectivity index (χ2v) is 5.67. The Labute approximate surface area is 184 Å². The van der Waals surface area contributed by atoms with E-state index in [1.165, 1.54) is 14.2 Å². The third-order valence-corrected chi connectivity index (χ3v) is 2.92. The van der Waals surface area contributed by atoms with Crippen molar-refractivity contribution in [3.8, 4) is 0 Å². The third kappa shape index (κ3) is 7.90. The van der Waals surface area contributed by atoms with Crippen molar-refractivity contribution in [2.75, 3.05) is 0 Å². The van der Waals surface area contributed by atoms with Gasteiger partial charge in [0.05, 0.1) is 0 Å². The highest BCUT2D eigenvalue weighted by Gasteiger charge is 2.70. The predicted octanol–water partition coefficient (Wildman–Crippen LogP) is 8.02. The third-order valence-electron chi connectivity index (χ3n) is 2.92. The minimum absolute atomic E-state index is 1.33. The average molecular weight is 610 g/mol. The van der Waals surface area contributed by atoms with E-state index >= 15 is 0 Å². The van der Waals surface area contributed by atoms with Crippen LogP contribution in [0.1, 0.15) is 0 Å². The first-order chi connectivity index (χ1) is 15.8. The highest BCUT2D eigenvalue weighted by molar-refractivity contribution is 5.19. The molecular weight excluding hydrogens is 610 g/mol. The van der Waals surface area contributed by atoms with Gasteiger partial charge in [-0.3, -0.25) is 0 Å². The summed E-state index contributed by atoms with van der Waals surface area (Å²) >= 11 is 0. The molecular formula is C12F22O3. The van der Waals surface area contributed by atoms with Gasteiger partial charge < -0.3 is 0 Å². The molecule has 0 saturated heterocycles. The molecule has 0 aliphatic carbocycles. The summed E-state index contributed by atoms with van der Waals surface area (Å²) in [4.78, 5) is 0.